The fourth-order valence-electron chi connectivity index (χ4n) is 2.57. The molecule has 0 saturated carbocycles. The van der Waals surface area contributed by atoms with Crippen LogP contribution in [-0.4, -0.2) is 30.1 Å². The number of halogens is 2. The van der Waals surface area contributed by atoms with Gasteiger partial charge in [-0.25, -0.2) is 4.39 Å². The highest BCUT2D eigenvalue weighted by atomic mass is 35.5. The van der Waals surface area contributed by atoms with Crippen LogP contribution in [0.2, 0.25) is 5.02 Å². The van der Waals surface area contributed by atoms with Crippen LogP contribution < -0.4 is 5.32 Å². The Kier molecular flexibility index (Phi) is 5.20. The third kappa shape index (κ3) is 3.91. The Labute approximate surface area is 119 Å². The summed E-state index contributed by atoms with van der Waals surface area (Å²) in [5.41, 5.74) is 1.08. The van der Waals surface area contributed by atoms with Crippen molar-refractivity contribution in [1.82, 2.24) is 10.2 Å². The number of nitrogens with one attached hydrogen (secondary N) is 1. The molecule has 1 N–H and O–H groups in total. The molecule has 0 bridgehead atoms. The van der Waals surface area contributed by atoms with E-state index >= 15 is 0 Å². The van der Waals surface area contributed by atoms with Crippen LogP contribution in [0, 0.1) is 5.82 Å². The molecule has 1 heterocycles. The number of hydrogen-bond donors (Lipinski definition) is 1. The van der Waals surface area contributed by atoms with Crippen molar-refractivity contribution in [3.8, 4) is 0 Å². The van der Waals surface area contributed by atoms with Gasteiger partial charge in [0.2, 0.25) is 0 Å². The molecule has 1 saturated heterocycles. The molecule has 106 valence electrons. The van der Waals surface area contributed by atoms with Gasteiger partial charge in [-0.15, -0.1) is 0 Å². The van der Waals surface area contributed by atoms with Crippen LogP contribution in [-0.2, 0) is 6.54 Å². The van der Waals surface area contributed by atoms with Crippen LogP contribution in [0.1, 0.15) is 32.3 Å². The van der Waals surface area contributed by atoms with Crippen molar-refractivity contribution < 1.29 is 4.39 Å². The maximum Gasteiger partial charge on any atom is 0.141 e. The van der Waals surface area contributed by atoms with E-state index in [0.29, 0.717) is 12.1 Å². The molecule has 2 nitrogen and oxygen atoms in total. The van der Waals surface area contributed by atoms with Crippen LogP contribution in [0.4, 0.5) is 4.39 Å². The highest BCUT2D eigenvalue weighted by Crippen LogP contribution is 2.19. The van der Waals surface area contributed by atoms with Gasteiger partial charge in [0.25, 0.3) is 0 Å². The van der Waals surface area contributed by atoms with E-state index < -0.39 is 0 Å². The molecule has 0 radical (unpaired) electrons. The fourth-order valence-corrected chi connectivity index (χ4v) is 2.78. The lowest BCUT2D eigenvalue weighted by atomic mass is 10.1. The van der Waals surface area contributed by atoms with Gasteiger partial charge < -0.3 is 5.32 Å². The van der Waals surface area contributed by atoms with E-state index in [1.54, 1.807) is 6.07 Å². The molecule has 1 aromatic rings. The quantitative estimate of drug-likeness (QED) is 0.915. The first-order valence-corrected chi connectivity index (χ1v) is 7.39. The van der Waals surface area contributed by atoms with Crippen LogP contribution in [0.15, 0.2) is 18.2 Å². The van der Waals surface area contributed by atoms with Crippen molar-refractivity contribution in [3.63, 3.8) is 0 Å². The molecular formula is C15H22ClFN2. The molecule has 0 aromatic heterocycles. The van der Waals surface area contributed by atoms with Gasteiger partial charge in [-0.2, -0.15) is 0 Å². The third-order valence-corrected chi connectivity index (χ3v) is 4.23. The number of nitrogens with zero attached hydrogens (tertiary/aromatic N) is 1. The van der Waals surface area contributed by atoms with Crippen molar-refractivity contribution in [2.24, 2.45) is 0 Å². The Hall–Kier alpha value is -0.640. The summed E-state index contributed by atoms with van der Waals surface area (Å²) in [6.45, 7) is 7.40. The molecule has 0 spiro atoms. The maximum atomic E-state index is 13.2. The van der Waals surface area contributed by atoms with Gasteiger partial charge in [0.15, 0.2) is 0 Å². The lowest BCUT2D eigenvalue weighted by Crippen LogP contribution is -2.39. The summed E-state index contributed by atoms with van der Waals surface area (Å²) in [4.78, 5) is 2.46. The Morgan fingerprint density at radius 3 is 2.95 bits per heavy atom. The SMILES string of the molecule is CCC1CN(Cc2ccc(F)c(Cl)c2)C(C)CCN1. The highest BCUT2D eigenvalue weighted by molar-refractivity contribution is 6.30. The van der Waals surface area contributed by atoms with Gasteiger partial charge in [0, 0.05) is 25.2 Å². The second-order valence-electron chi connectivity index (χ2n) is 5.37. The van der Waals surface area contributed by atoms with Crippen LogP contribution in [0.3, 0.4) is 0 Å². The summed E-state index contributed by atoms with van der Waals surface area (Å²) in [5.74, 6) is -0.345. The molecule has 0 aliphatic carbocycles. The summed E-state index contributed by atoms with van der Waals surface area (Å²) >= 11 is 5.85. The summed E-state index contributed by atoms with van der Waals surface area (Å²) in [7, 11) is 0. The fraction of sp³-hybridized carbons (Fsp3) is 0.600. The van der Waals surface area contributed by atoms with E-state index in [1.807, 2.05) is 6.07 Å². The normalized spacial score (nSPS) is 25.3. The second kappa shape index (κ2) is 6.69. The van der Waals surface area contributed by atoms with Gasteiger partial charge in [0.1, 0.15) is 5.82 Å². The number of hydrogen-bond acceptors (Lipinski definition) is 2. The summed E-state index contributed by atoms with van der Waals surface area (Å²) in [5, 5.41) is 3.78. The van der Waals surface area contributed by atoms with Gasteiger partial charge >= 0.3 is 0 Å². The minimum Gasteiger partial charge on any atom is -0.313 e. The minimum atomic E-state index is -0.345. The Bertz CT molecular complexity index is 425. The summed E-state index contributed by atoms with van der Waals surface area (Å²) in [6, 6.07) is 6.10. The molecule has 1 aliphatic rings. The molecule has 2 rings (SSSR count). The second-order valence-corrected chi connectivity index (χ2v) is 5.78. The Morgan fingerprint density at radius 2 is 2.26 bits per heavy atom. The van der Waals surface area contributed by atoms with Gasteiger partial charge in [-0.05, 0) is 44.0 Å². The lowest BCUT2D eigenvalue weighted by molar-refractivity contribution is 0.194. The van der Waals surface area contributed by atoms with Gasteiger partial charge in [-0.3, -0.25) is 4.90 Å². The topological polar surface area (TPSA) is 15.3 Å². The monoisotopic (exact) mass is 284 g/mol. The standard InChI is InChI=1S/C15H22ClFN2/c1-3-13-10-19(11(2)6-7-18-13)9-12-4-5-15(17)14(16)8-12/h4-5,8,11,13,18H,3,6-7,9-10H2,1-2H3. The summed E-state index contributed by atoms with van der Waals surface area (Å²) < 4.78 is 13.2. The molecule has 1 aliphatic heterocycles. The van der Waals surface area contributed by atoms with E-state index in [1.165, 1.54) is 6.07 Å². The first kappa shape index (κ1) is 14.8. The van der Waals surface area contributed by atoms with Crippen molar-refractivity contribution >= 4 is 11.6 Å². The lowest BCUT2D eigenvalue weighted by Gasteiger charge is -2.29. The molecular weight excluding hydrogens is 263 g/mol. The van der Waals surface area contributed by atoms with Gasteiger partial charge in [0.05, 0.1) is 5.02 Å². The third-order valence-electron chi connectivity index (χ3n) is 3.94. The first-order valence-electron chi connectivity index (χ1n) is 7.01. The predicted octanol–water partition coefficient (Wildman–Crippen LogP) is 3.44. The summed E-state index contributed by atoms with van der Waals surface area (Å²) in [6.07, 6.45) is 2.28. The molecule has 0 amide bonds. The largest absolute Gasteiger partial charge is 0.313 e. The van der Waals surface area contributed by atoms with Crippen LogP contribution in [0.25, 0.3) is 0 Å². The number of rotatable bonds is 3. The first-order chi connectivity index (χ1) is 9.10. The Balaban J connectivity index is 2.08. The molecule has 4 heteroatoms. The van der Waals surface area contributed by atoms with Crippen molar-refractivity contribution in [2.45, 2.75) is 45.3 Å². The van der Waals surface area contributed by atoms with Crippen molar-refractivity contribution in [3.05, 3.63) is 34.6 Å². The van der Waals surface area contributed by atoms with E-state index in [4.69, 9.17) is 11.6 Å². The zero-order chi connectivity index (χ0) is 13.8. The highest BCUT2D eigenvalue weighted by Gasteiger charge is 2.21. The molecule has 1 fully saturated rings. The zero-order valence-corrected chi connectivity index (χ0v) is 12.4. The average molecular weight is 285 g/mol. The van der Waals surface area contributed by atoms with Crippen LogP contribution >= 0.6 is 11.6 Å². The van der Waals surface area contributed by atoms with E-state index in [0.717, 1.165) is 38.0 Å². The predicted molar refractivity (Wildman–Crippen MR) is 78.0 cm³/mol. The molecule has 2 unspecified atom stereocenters. The Morgan fingerprint density at radius 1 is 1.47 bits per heavy atom. The number of benzene rings is 1. The average Bonchev–Trinajstić information content (AvgIpc) is 2.56. The minimum absolute atomic E-state index is 0.213. The molecule has 2 atom stereocenters. The maximum absolute atomic E-state index is 13.2. The van der Waals surface area contributed by atoms with E-state index in [-0.39, 0.29) is 10.8 Å². The van der Waals surface area contributed by atoms with Crippen LogP contribution in [0.5, 0.6) is 0 Å². The van der Waals surface area contributed by atoms with E-state index in [2.05, 4.69) is 24.1 Å². The van der Waals surface area contributed by atoms with Crippen molar-refractivity contribution in [2.75, 3.05) is 13.1 Å². The van der Waals surface area contributed by atoms with Crippen molar-refractivity contribution in [1.29, 1.82) is 0 Å². The molecule has 1 aromatic carbocycles. The van der Waals surface area contributed by atoms with E-state index in [9.17, 15) is 4.39 Å². The smallest absolute Gasteiger partial charge is 0.141 e. The molecule has 19 heavy (non-hydrogen) atoms. The zero-order valence-electron chi connectivity index (χ0n) is 11.6. The van der Waals surface area contributed by atoms with Gasteiger partial charge in [-0.1, -0.05) is 24.6 Å².